The van der Waals surface area contributed by atoms with Crippen LogP contribution in [0.15, 0.2) is 65.6 Å². The summed E-state index contributed by atoms with van der Waals surface area (Å²) in [5, 5.41) is 13.5. The van der Waals surface area contributed by atoms with Crippen LogP contribution in [0.1, 0.15) is 48.7 Å². The number of nitrogens with zero attached hydrogens (tertiary/aromatic N) is 1. The van der Waals surface area contributed by atoms with Gasteiger partial charge in [-0.15, -0.1) is 11.3 Å². The minimum atomic E-state index is -0.735. The summed E-state index contributed by atoms with van der Waals surface area (Å²) in [4.78, 5) is 28.6. The van der Waals surface area contributed by atoms with Crippen molar-refractivity contribution in [3.63, 3.8) is 0 Å². The van der Waals surface area contributed by atoms with E-state index >= 15 is 0 Å². The second-order valence-electron chi connectivity index (χ2n) is 8.01. The maximum absolute atomic E-state index is 13.2. The summed E-state index contributed by atoms with van der Waals surface area (Å²) in [6, 6.07) is 15.4. The molecular formula is C26H24ClNO4S. The first-order chi connectivity index (χ1) is 15.8. The number of hydrogen-bond acceptors (Lipinski definition) is 5. The van der Waals surface area contributed by atoms with Gasteiger partial charge in [-0.2, -0.15) is 0 Å². The highest BCUT2D eigenvalue weighted by atomic mass is 35.5. The highest BCUT2D eigenvalue weighted by molar-refractivity contribution is 7.10. The van der Waals surface area contributed by atoms with Gasteiger partial charge in [-0.05, 0) is 60.2 Å². The predicted molar refractivity (Wildman–Crippen MR) is 132 cm³/mol. The molecule has 0 spiro atoms. The number of carbonyl (C=O) groups excluding carboxylic acids is 2. The lowest BCUT2D eigenvalue weighted by Crippen LogP contribution is -2.29. The Morgan fingerprint density at radius 3 is 2.48 bits per heavy atom. The number of aliphatic hydroxyl groups excluding tert-OH is 1. The minimum absolute atomic E-state index is 0.0418. The molecule has 0 aliphatic carbocycles. The second-order valence-corrected chi connectivity index (χ2v) is 9.40. The normalized spacial score (nSPS) is 17.7. The Balaban J connectivity index is 1.86. The molecule has 1 aromatic heterocycles. The van der Waals surface area contributed by atoms with Crippen molar-refractivity contribution < 1.29 is 19.4 Å². The number of hydrogen-bond donors (Lipinski definition) is 1. The summed E-state index contributed by atoms with van der Waals surface area (Å²) < 4.78 is 5.53. The van der Waals surface area contributed by atoms with Crippen molar-refractivity contribution in [2.24, 2.45) is 0 Å². The van der Waals surface area contributed by atoms with E-state index in [0.717, 1.165) is 10.4 Å². The van der Waals surface area contributed by atoms with Gasteiger partial charge in [0.1, 0.15) is 17.6 Å². The Morgan fingerprint density at radius 2 is 1.88 bits per heavy atom. The molecule has 1 aliphatic heterocycles. The average molecular weight is 482 g/mol. The van der Waals surface area contributed by atoms with Crippen molar-refractivity contribution in [1.82, 2.24) is 0 Å². The molecule has 2 aromatic carbocycles. The largest absolute Gasteiger partial charge is 0.507 e. The highest BCUT2D eigenvalue weighted by Crippen LogP contribution is 2.44. The molecule has 1 unspecified atom stereocenters. The van der Waals surface area contributed by atoms with Crippen LogP contribution < -0.4 is 9.64 Å². The number of thiophene rings is 1. The molecule has 3 aromatic rings. The summed E-state index contributed by atoms with van der Waals surface area (Å²) in [6.07, 6.45) is 0. The van der Waals surface area contributed by atoms with Gasteiger partial charge in [0.15, 0.2) is 0 Å². The number of halogens is 1. The van der Waals surface area contributed by atoms with E-state index in [1.165, 1.54) is 16.2 Å². The summed E-state index contributed by atoms with van der Waals surface area (Å²) in [7, 11) is 0. The Hall–Kier alpha value is -3.09. The third-order valence-corrected chi connectivity index (χ3v) is 6.84. The molecular weight excluding hydrogens is 458 g/mol. The van der Waals surface area contributed by atoms with Crippen LogP contribution in [-0.4, -0.2) is 23.4 Å². The Labute approximate surface area is 201 Å². The van der Waals surface area contributed by atoms with Crippen LogP contribution in [0.3, 0.4) is 0 Å². The van der Waals surface area contributed by atoms with Crippen molar-refractivity contribution in [2.45, 2.75) is 32.7 Å². The van der Waals surface area contributed by atoms with Crippen molar-refractivity contribution in [1.29, 1.82) is 0 Å². The van der Waals surface area contributed by atoms with E-state index in [4.69, 9.17) is 16.3 Å². The number of ketones is 1. The van der Waals surface area contributed by atoms with E-state index in [0.29, 0.717) is 34.5 Å². The topological polar surface area (TPSA) is 66.8 Å². The fourth-order valence-corrected chi connectivity index (χ4v) is 4.90. The van der Waals surface area contributed by atoms with Gasteiger partial charge in [0.05, 0.1) is 17.2 Å². The number of ether oxygens (including phenoxy) is 1. The van der Waals surface area contributed by atoms with Crippen molar-refractivity contribution in [3.8, 4) is 5.75 Å². The lowest BCUT2D eigenvalue weighted by atomic mass is 9.99. The molecule has 0 radical (unpaired) electrons. The predicted octanol–water partition coefficient (Wildman–Crippen LogP) is 6.55. The molecule has 0 saturated carbocycles. The molecule has 0 bridgehead atoms. The lowest BCUT2D eigenvalue weighted by Gasteiger charge is -2.24. The van der Waals surface area contributed by atoms with Crippen LogP contribution in [-0.2, 0) is 9.59 Å². The van der Waals surface area contributed by atoms with E-state index in [1.807, 2.05) is 48.7 Å². The molecule has 4 rings (SSSR count). The summed E-state index contributed by atoms with van der Waals surface area (Å²) >= 11 is 7.61. The number of rotatable bonds is 6. The van der Waals surface area contributed by atoms with Crippen LogP contribution >= 0.6 is 22.9 Å². The standard InChI is InChI=1S/C26H24ClNO4S/c1-4-32-20-14-17(9-12-19(20)27)24(29)22-23(21-6-5-13-33-21)28(26(31)25(22)30)18-10-7-16(8-11-18)15(2)3/h5-15,23,29H,4H2,1-3H3/b24-22-. The van der Waals surface area contributed by atoms with Crippen LogP contribution in [0.4, 0.5) is 5.69 Å². The zero-order valence-corrected chi connectivity index (χ0v) is 20.1. The molecule has 5 nitrogen and oxygen atoms in total. The zero-order chi connectivity index (χ0) is 23.7. The smallest absolute Gasteiger partial charge is 0.300 e. The summed E-state index contributed by atoms with van der Waals surface area (Å²) in [6.45, 7) is 6.41. The third-order valence-electron chi connectivity index (χ3n) is 5.60. The maximum atomic E-state index is 13.2. The lowest BCUT2D eigenvalue weighted by molar-refractivity contribution is -0.132. The number of Topliss-reactive ketones (excluding diaryl/α,β-unsaturated/α-hetero) is 1. The van der Waals surface area contributed by atoms with Gasteiger partial charge in [0, 0.05) is 16.1 Å². The Kier molecular flexibility index (Phi) is 6.58. The van der Waals surface area contributed by atoms with Crippen molar-refractivity contribution in [2.75, 3.05) is 11.5 Å². The maximum Gasteiger partial charge on any atom is 0.300 e. The Morgan fingerprint density at radius 1 is 1.15 bits per heavy atom. The van der Waals surface area contributed by atoms with Gasteiger partial charge in [0.2, 0.25) is 0 Å². The summed E-state index contributed by atoms with van der Waals surface area (Å²) in [5.74, 6) is -0.926. The highest BCUT2D eigenvalue weighted by Gasteiger charge is 2.47. The second kappa shape index (κ2) is 9.41. The monoisotopic (exact) mass is 481 g/mol. The van der Waals surface area contributed by atoms with Crippen molar-refractivity contribution in [3.05, 3.63) is 86.6 Å². The number of aliphatic hydroxyl groups is 1. The number of carbonyl (C=O) groups is 2. The van der Waals surface area contributed by atoms with E-state index in [1.54, 1.807) is 18.2 Å². The first-order valence-electron chi connectivity index (χ1n) is 10.7. The SMILES string of the molecule is CCOc1cc(/C(O)=C2/C(=O)C(=O)N(c3ccc(C(C)C)cc3)C2c2cccs2)ccc1Cl. The fourth-order valence-electron chi connectivity index (χ4n) is 3.91. The van der Waals surface area contributed by atoms with Gasteiger partial charge in [-0.25, -0.2) is 0 Å². The molecule has 1 fully saturated rings. The molecule has 2 heterocycles. The van der Waals surface area contributed by atoms with Crippen LogP contribution in [0.25, 0.3) is 5.76 Å². The number of amides is 1. The minimum Gasteiger partial charge on any atom is -0.507 e. The molecule has 1 N–H and O–H groups in total. The average Bonchev–Trinajstić information content (AvgIpc) is 3.42. The molecule has 7 heteroatoms. The fraction of sp³-hybridized carbons (Fsp3) is 0.231. The van der Waals surface area contributed by atoms with Gasteiger partial charge in [0.25, 0.3) is 11.7 Å². The van der Waals surface area contributed by atoms with E-state index in [9.17, 15) is 14.7 Å². The van der Waals surface area contributed by atoms with E-state index < -0.39 is 17.7 Å². The van der Waals surface area contributed by atoms with Gasteiger partial charge >= 0.3 is 0 Å². The Bertz CT molecular complexity index is 1220. The first kappa shape index (κ1) is 23.1. The first-order valence-corrected chi connectivity index (χ1v) is 12.0. The molecule has 170 valence electrons. The third kappa shape index (κ3) is 4.28. The number of benzene rings is 2. The van der Waals surface area contributed by atoms with Gasteiger partial charge in [-0.3, -0.25) is 14.5 Å². The molecule has 1 aliphatic rings. The molecule has 1 saturated heterocycles. The van der Waals surface area contributed by atoms with Crippen LogP contribution in [0.5, 0.6) is 5.75 Å². The van der Waals surface area contributed by atoms with E-state index in [-0.39, 0.29) is 11.3 Å². The molecule has 1 amide bonds. The zero-order valence-electron chi connectivity index (χ0n) is 18.5. The van der Waals surface area contributed by atoms with Crippen LogP contribution in [0.2, 0.25) is 5.02 Å². The van der Waals surface area contributed by atoms with E-state index in [2.05, 4.69) is 13.8 Å². The number of anilines is 1. The molecule has 33 heavy (non-hydrogen) atoms. The van der Waals surface area contributed by atoms with Gasteiger partial charge < -0.3 is 9.84 Å². The molecule has 1 atom stereocenters. The van der Waals surface area contributed by atoms with Crippen LogP contribution in [0, 0.1) is 0 Å². The quantitative estimate of drug-likeness (QED) is 0.246. The van der Waals surface area contributed by atoms with Crippen molar-refractivity contribution >= 4 is 46.1 Å². The van der Waals surface area contributed by atoms with Gasteiger partial charge in [-0.1, -0.05) is 43.6 Å². The summed E-state index contributed by atoms with van der Waals surface area (Å²) in [5.41, 5.74) is 2.13.